The summed E-state index contributed by atoms with van der Waals surface area (Å²) in [6, 6.07) is 9.51. The Morgan fingerprint density at radius 3 is 2.59 bits per heavy atom. The van der Waals surface area contributed by atoms with Gasteiger partial charge in [-0.15, -0.1) is 0 Å². The standard InChI is InChI=1S/C13H14ClN3/c1-17(9-10-4-6-16-7-5-10)13-3-2-11(14)8-12(13)15/h2-8H,9,15H2,1H3. The molecule has 0 spiro atoms. The summed E-state index contributed by atoms with van der Waals surface area (Å²) in [5, 5.41) is 0.656. The largest absolute Gasteiger partial charge is 0.397 e. The summed E-state index contributed by atoms with van der Waals surface area (Å²) in [6.07, 6.45) is 3.57. The molecule has 0 fully saturated rings. The number of hydrogen-bond donors (Lipinski definition) is 1. The van der Waals surface area contributed by atoms with Gasteiger partial charge >= 0.3 is 0 Å². The van der Waals surface area contributed by atoms with Crippen LogP contribution in [0.4, 0.5) is 11.4 Å². The zero-order valence-electron chi connectivity index (χ0n) is 9.60. The molecule has 0 radical (unpaired) electrons. The van der Waals surface area contributed by atoms with E-state index in [4.69, 9.17) is 17.3 Å². The van der Waals surface area contributed by atoms with Gasteiger partial charge in [0.15, 0.2) is 0 Å². The Morgan fingerprint density at radius 1 is 1.24 bits per heavy atom. The summed E-state index contributed by atoms with van der Waals surface area (Å²) in [5.41, 5.74) is 8.80. The van der Waals surface area contributed by atoms with Crippen molar-refractivity contribution in [1.29, 1.82) is 0 Å². The van der Waals surface area contributed by atoms with E-state index in [1.54, 1.807) is 18.5 Å². The van der Waals surface area contributed by atoms with Crippen LogP contribution in [0.3, 0.4) is 0 Å². The van der Waals surface area contributed by atoms with E-state index in [0.29, 0.717) is 10.7 Å². The summed E-state index contributed by atoms with van der Waals surface area (Å²) in [5.74, 6) is 0. The molecule has 3 nitrogen and oxygen atoms in total. The van der Waals surface area contributed by atoms with Gasteiger partial charge in [0.1, 0.15) is 0 Å². The molecular formula is C13H14ClN3. The van der Waals surface area contributed by atoms with Crippen LogP contribution in [0.1, 0.15) is 5.56 Å². The van der Waals surface area contributed by atoms with E-state index in [9.17, 15) is 0 Å². The van der Waals surface area contributed by atoms with Gasteiger partial charge in [0.2, 0.25) is 0 Å². The maximum Gasteiger partial charge on any atom is 0.0601 e. The number of nitrogens with zero attached hydrogens (tertiary/aromatic N) is 2. The highest BCUT2D eigenvalue weighted by atomic mass is 35.5. The SMILES string of the molecule is CN(Cc1ccncc1)c1ccc(Cl)cc1N. The molecule has 0 saturated carbocycles. The van der Waals surface area contributed by atoms with E-state index in [1.807, 2.05) is 31.3 Å². The number of pyridine rings is 1. The molecule has 1 heterocycles. The number of benzene rings is 1. The predicted octanol–water partition coefficient (Wildman–Crippen LogP) is 2.95. The van der Waals surface area contributed by atoms with Gasteiger partial charge in [-0.3, -0.25) is 4.98 Å². The molecule has 2 rings (SSSR count). The van der Waals surface area contributed by atoms with Crippen LogP contribution in [0.2, 0.25) is 5.02 Å². The Kier molecular flexibility index (Phi) is 3.49. The molecule has 0 bridgehead atoms. The van der Waals surface area contributed by atoms with Crippen molar-refractivity contribution >= 4 is 23.0 Å². The molecule has 88 valence electrons. The van der Waals surface area contributed by atoms with Crippen LogP contribution in [0.15, 0.2) is 42.7 Å². The number of hydrogen-bond acceptors (Lipinski definition) is 3. The summed E-state index contributed by atoms with van der Waals surface area (Å²) in [7, 11) is 2.00. The van der Waals surface area contributed by atoms with Crippen molar-refractivity contribution in [3.8, 4) is 0 Å². The predicted molar refractivity (Wildman–Crippen MR) is 72.2 cm³/mol. The van der Waals surface area contributed by atoms with Crippen molar-refractivity contribution in [2.75, 3.05) is 17.7 Å². The topological polar surface area (TPSA) is 42.2 Å². The molecule has 1 aromatic carbocycles. The molecule has 0 amide bonds. The van der Waals surface area contributed by atoms with E-state index in [2.05, 4.69) is 9.88 Å². The number of rotatable bonds is 3. The van der Waals surface area contributed by atoms with E-state index in [0.717, 1.165) is 12.2 Å². The highest BCUT2D eigenvalue weighted by Gasteiger charge is 2.06. The van der Waals surface area contributed by atoms with Gasteiger partial charge in [-0.1, -0.05) is 11.6 Å². The zero-order chi connectivity index (χ0) is 12.3. The lowest BCUT2D eigenvalue weighted by Gasteiger charge is -2.21. The number of aromatic nitrogens is 1. The molecule has 0 aliphatic heterocycles. The fraction of sp³-hybridized carbons (Fsp3) is 0.154. The third-order valence-electron chi connectivity index (χ3n) is 2.57. The molecule has 1 aromatic heterocycles. The van der Waals surface area contributed by atoms with E-state index in [1.165, 1.54) is 5.56 Å². The van der Waals surface area contributed by atoms with Crippen LogP contribution in [0.5, 0.6) is 0 Å². The number of anilines is 2. The van der Waals surface area contributed by atoms with Crippen molar-refractivity contribution in [2.45, 2.75) is 6.54 Å². The second-order valence-electron chi connectivity index (χ2n) is 3.91. The second kappa shape index (κ2) is 5.06. The molecule has 0 unspecified atom stereocenters. The lowest BCUT2D eigenvalue weighted by atomic mass is 10.2. The van der Waals surface area contributed by atoms with Crippen LogP contribution in [0, 0.1) is 0 Å². The Labute approximate surface area is 106 Å². The molecule has 17 heavy (non-hydrogen) atoms. The average molecular weight is 248 g/mol. The minimum absolute atomic E-state index is 0.656. The number of halogens is 1. The van der Waals surface area contributed by atoms with Gasteiger partial charge < -0.3 is 10.6 Å². The lowest BCUT2D eigenvalue weighted by Crippen LogP contribution is -2.17. The fourth-order valence-electron chi connectivity index (χ4n) is 1.72. The molecule has 2 aromatic rings. The quantitative estimate of drug-likeness (QED) is 0.848. The normalized spacial score (nSPS) is 10.2. The van der Waals surface area contributed by atoms with Gasteiger partial charge in [0.05, 0.1) is 11.4 Å². The zero-order valence-corrected chi connectivity index (χ0v) is 10.4. The van der Waals surface area contributed by atoms with Crippen molar-refractivity contribution in [1.82, 2.24) is 4.98 Å². The minimum atomic E-state index is 0.656. The fourth-order valence-corrected chi connectivity index (χ4v) is 1.90. The maximum atomic E-state index is 5.94. The average Bonchev–Trinajstić information content (AvgIpc) is 2.30. The van der Waals surface area contributed by atoms with Crippen LogP contribution >= 0.6 is 11.6 Å². The van der Waals surface area contributed by atoms with E-state index in [-0.39, 0.29) is 0 Å². The Hall–Kier alpha value is -1.74. The molecule has 0 atom stereocenters. The summed E-state index contributed by atoms with van der Waals surface area (Å²) in [6.45, 7) is 0.786. The third kappa shape index (κ3) is 2.88. The maximum absolute atomic E-state index is 5.94. The first-order valence-electron chi connectivity index (χ1n) is 5.32. The van der Waals surface area contributed by atoms with Crippen molar-refractivity contribution in [3.63, 3.8) is 0 Å². The van der Waals surface area contributed by atoms with Crippen LogP contribution < -0.4 is 10.6 Å². The van der Waals surface area contributed by atoms with Crippen molar-refractivity contribution < 1.29 is 0 Å². The first kappa shape index (κ1) is 11.7. The van der Waals surface area contributed by atoms with Gasteiger partial charge in [0, 0.05) is 31.0 Å². The van der Waals surface area contributed by atoms with E-state index >= 15 is 0 Å². The highest BCUT2D eigenvalue weighted by Crippen LogP contribution is 2.26. The number of nitrogens with two attached hydrogens (primary N) is 1. The Bertz CT molecular complexity index is 499. The van der Waals surface area contributed by atoms with Gasteiger partial charge in [-0.25, -0.2) is 0 Å². The van der Waals surface area contributed by atoms with Crippen LogP contribution in [-0.4, -0.2) is 12.0 Å². The first-order chi connectivity index (χ1) is 8.16. The van der Waals surface area contributed by atoms with Gasteiger partial charge in [-0.2, -0.15) is 0 Å². The third-order valence-corrected chi connectivity index (χ3v) is 2.81. The summed E-state index contributed by atoms with van der Waals surface area (Å²) >= 11 is 5.88. The Balaban J connectivity index is 2.17. The molecule has 0 aliphatic rings. The smallest absolute Gasteiger partial charge is 0.0601 e. The Morgan fingerprint density at radius 2 is 1.94 bits per heavy atom. The molecular weight excluding hydrogens is 234 g/mol. The van der Waals surface area contributed by atoms with Crippen molar-refractivity contribution in [3.05, 3.63) is 53.3 Å². The summed E-state index contributed by atoms with van der Waals surface area (Å²) in [4.78, 5) is 6.08. The van der Waals surface area contributed by atoms with Crippen molar-refractivity contribution in [2.24, 2.45) is 0 Å². The molecule has 2 N–H and O–H groups in total. The monoisotopic (exact) mass is 247 g/mol. The van der Waals surface area contributed by atoms with Crippen LogP contribution in [0.25, 0.3) is 0 Å². The molecule has 0 aliphatic carbocycles. The van der Waals surface area contributed by atoms with Gasteiger partial charge in [0.25, 0.3) is 0 Å². The molecule has 0 saturated heterocycles. The van der Waals surface area contributed by atoms with Crippen LogP contribution in [-0.2, 0) is 6.54 Å². The summed E-state index contributed by atoms with van der Waals surface area (Å²) < 4.78 is 0. The highest BCUT2D eigenvalue weighted by molar-refractivity contribution is 6.31. The number of nitrogen functional groups attached to an aromatic ring is 1. The first-order valence-corrected chi connectivity index (χ1v) is 5.69. The second-order valence-corrected chi connectivity index (χ2v) is 4.35. The molecule has 4 heteroatoms. The van der Waals surface area contributed by atoms with Gasteiger partial charge in [-0.05, 0) is 35.9 Å². The minimum Gasteiger partial charge on any atom is -0.397 e. The lowest BCUT2D eigenvalue weighted by molar-refractivity contribution is 0.921. The van der Waals surface area contributed by atoms with E-state index < -0.39 is 0 Å².